The normalized spacial score (nSPS) is 12.5. The van der Waals surface area contributed by atoms with E-state index in [1.165, 1.54) is 11.3 Å². The van der Waals surface area contributed by atoms with Crippen molar-refractivity contribution in [2.24, 2.45) is 11.8 Å². The first kappa shape index (κ1) is 39.0. The Hall–Kier alpha value is -4.75. The molecule has 0 aliphatic rings. The van der Waals surface area contributed by atoms with E-state index in [4.69, 9.17) is 21.1 Å². The molecule has 4 aromatic rings. The Morgan fingerprint density at radius 2 is 1.61 bits per heavy atom. The Labute approximate surface area is 306 Å². The van der Waals surface area contributed by atoms with Crippen LogP contribution in [0.5, 0.6) is 0 Å². The first-order chi connectivity index (χ1) is 24.3. The van der Waals surface area contributed by atoms with Crippen molar-refractivity contribution in [1.82, 2.24) is 20.4 Å². The number of hydrogen-bond donors (Lipinski definition) is 2. The third kappa shape index (κ3) is 13.1. The van der Waals surface area contributed by atoms with Gasteiger partial charge in [0.25, 0.3) is 5.91 Å². The van der Waals surface area contributed by atoms with Gasteiger partial charge < -0.3 is 14.8 Å². The van der Waals surface area contributed by atoms with Gasteiger partial charge in [-0.05, 0) is 75.8 Å². The van der Waals surface area contributed by atoms with Gasteiger partial charge in [-0.1, -0.05) is 79.2 Å². The molecule has 12 nitrogen and oxygen atoms in total. The SMILES string of the molecule is CC(C)[C@H](CC(=O)OC(C)(C)C)C(=O)OC(C(=O)Nc1nnc(CCCCc2ccc(NC(=O)Cc3ccccc3)nn2)s1)c1cccc(Cl)c1. The van der Waals surface area contributed by atoms with Crippen LogP contribution >= 0.6 is 22.9 Å². The van der Waals surface area contributed by atoms with Gasteiger partial charge >= 0.3 is 11.9 Å². The minimum Gasteiger partial charge on any atom is -0.460 e. The molecule has 51 heavy (non-hydrogen) atoms. The quantitative estimate of drug-likeness (QED) is 0.0910. The number of unbranched alkanes of at least 4 members (excludes halogenated alkanes) is 1. The third-order valence-electron chi connectivity index (χ3n) is 7.50. The predicted molar refractivity (Wildman–Crippen MR) is 195 cm³/mol. The highest BCUT2D eigenvalue weighted by Gasteiger charge is 2.34. The molecule has 14 heteroatoms. The molecule has 0 spiro atoms. The van der Waals surface area contributed by atoms with E-state index < -0.39 is 35.5 Å². The lowest BCUT2D eigenvalue weighted by Crippen LogP contribution is -2.33. The number of halogens is 1. The van der Waals surface area contributed by atoms with E-state index in [0.29, 0.717) is 29.2 Å². The fraction of sp³-hybridized carbons (Fsp3) is 0.405. The zero-order valence-electron chi connectivity index (χ0n) is 29.4. The van der Waals surface area contributed by atoms with Crippen LogP contribution in [0.1, 0.15) is 81.8 Å². The summed E-state index contributed by atoms with van der Waals surface area (Å²) >= 11 is 7.44. The fourth-order valence-corrected chi connectivity index (χ4v) is 5.97. The van der Waals surface area contributed by atoms with Gasteiger partial charge in [0, 0.05) is 17.0 Å². The monoisotopic (exact) mass is 734 g/mol. The average Bonchev–Trinajstić information content (AvgIpc) is 3.51. The Bertz CT molecular complexity index is 1780. The van der Waals surface area contributed by atoms with Crippen LogP contribution in [0.2, 0.25) is 5.02 Å². The third-order valence-corrected chi connectivity index (χ3v) is 8.64. The number of hydrogen-bond acceptors (Lipinski definition) is 11. The van der Waals surface area contributed by atoms with Gasteiger partial charge in [-0.15, -0.1) is 15.3 Å². The number of carbonyl (C=O) groups is 4. The zero-order chi connectivity index (χ0) is 37.0. The second kappa shape index (κ2) is 18.5. The number of rotatable bonds is 16. The number of ether oxygens (including phenoxy) is 2. The second-order valence-electron chi connectivity index (χ2n) is 13.3. The zero-order valence-corrected chi connectivity index (χ0v) is 30.9. The van der Waals surface area contributed by atoms with E-state index in [9.17, 15) is 19.2 Å². The molecule has 270 valence electrons. The molecule has 2 heterocycles. The maximum Gasteiger partial charge on any atom is 0.310 e. The van der Waals surface area contributed by atoms with Crippen molar-refractivity contribution in [2.45, 2.75) is 84.8 Å². The maximum absolute atomic E-state index is 13.5. The van der Waals surface area contributed by atoms with Gasteiger partial charge in [0.2, 0.25) is 17.1 Å². The maximum atomic E-state index is 13.5. The summed E-state index contributed by atoms with van der Waals surface area (Å²) in [4.78, 5) is 51.8. The molecule has 0 aliphatic heterocycles. The molecule has 2 N–H and O–H groups in total. The van der Waals surface area contributed by atoms with Gasteiger partial charge in [-0.25, -0.2) is 0 Å². The number of amides is 2. The Balaban J connectivity index is 1.29. The number of carbonyl (C=O) groups excluding carboxylic acids is 4. The van der Waals surface area contributed by atoms with Crippen LogP contribution in [0.25, 0.3) is 0 Å². The van der Waals surface area contributed by atoms with Crippen LogP contribution in [-0.4, -0.2) is 49.7 Å². The topological polar surface area (TPSA) is 162 Å². The summed E-state index contributed by atoms with van der Waals surface area (Å²) < 4.78 is 11.2. The van der Waals surface area contributed by atoms with Crippen molar-refractivity contribution in [3.05, 3.63) is 93.6 Å². The standard InChI is InChI=1S/C37H43ClN6O6S/c1-23(2)28(22-32(46)50-37(3,4)5)35(48)49-33(25-14-11-15-26(38)21-25)34(47)40-36-44-43-31(51-36)17-10-9-16-27-18-19-29(42-41-27)39-30(45)20-24-12-7-6-8-13-24/h6-8,11-15,18-19,21,23,28,33H,9-10,16-17,20,22H2,1-5H3,(H,39,42,45)(H,40,44,47)/t28-,33?/m0/s1. The molecule has 1 unspecified atom stereocenters. The van der Waals surface area contributed by atoms with E-state index in [-0.39, 0.29) is 29.8 Å². The van der Waals surface area contributed by atoms with E-state index >= 15 is 0 Å². The first-order valence-corrected chi connectivity index (χ1v) is 17.9. The van der Waals surface area contributed by atoms with Crippen molar-refractivity contribution in [3.63, 3.8) is 0 Å². The summed E-state index contributed by atoms with van der Waals surface area (Å²) in [7, 11) is 0. The molecule has 0 fully saturated rings. The Morgan fingerprint density at radius 3 is 2.27 bits per heavy atom. The van der Waals surface area contributed by atoms with E-state index in [2.05, 4.69) is 31.0 Å². The number of nitrogens with one attached hydrogen (secondary N) is 2. The van der Waals surface area contributed by atoms with Crippen LogP contribution in [-0.2, 0) is 47.9 Å². The number of anilines is 2. The molecule has 0 saturated heterocycles. The van der Waals surface area contributed by atoms with Gasteiger partial charge in [0.1, 0.15) is 10.6 Å². The van der Waals surface area contributed by atoms with Crippen LogP contribution < -0.4 is 10.6 Å². The van der Waals surface area contributed by atoms with Crippen LogP contribution in [0, 0.1) is 11.8 Å². The fourth-order valence-electron chi connectivity index (χ4n) is 4.99. The molecule has 2 amide bonds. The van der Waals surface area contributed by atoms with Crippen molar-refractivity contribution >= 4 is 57.6 Å². The molecule has 0 aliphatic carbocycles. The highest BCUT2D eigenvalue weighted by atomic mass is 35.5. The van der Waals surface area contributed by atoms with E-state index in [0.717, 1.165) is 29.1 Å². The Morgan fingerprint density at radius 1 is 0.863 bits per heavy atom. The summed E-state index contributed by atoms with van der Waals surface area (Å²) in [6.45, 7) is 8.84. The lowest BCUT2D eigenvalue weighted by atomic mass is 9.92. The van der Waals surface area contributed by atoms with Gasteiger partial charge in [-0.3, -0.25) is 24.5 Å². The molecule has 2 aromatic carbocycles. The molecule has 4 rings (SSSR count). The lowest BCUT2D eigenvalue weighted by Gasteiger charge is -2.25. The molecule has 0 radical (unpaired) electrons. The largest absolute Gasteiger partial charge is 0.460 e. The molecular formula is C37H43ClN6O6S. The van der Waals surface area contributed by atoms with Crippen LogP contribution in [0.15, 0.2) is 66.7 Å². The highest BCUT2D eigenvalue weighted by Crippen LogP contribution is 2.28. The van der Waals surface area contributed by atoms with Crippen molar-refractivity contribution in [1.29, 1.82) is 0 Å². The number of nitrogens with zero attached hydrogens (tertiary/aromatic N) is 4. The molecule has 2 aromatic heterocycles. The van der Waals surface area contributed by atoms with Crippen LogP contribution in [0.4, 0.5) is 10.9 Å². The van der Waals surface area contributed by atoms with Gasteiger partial charge in [0.15, 0.2) is 5.82 Å². The Kier molecular flexibility index (Phi) is 14.1. The predicted octanol–water partition coefficient (Wildman–Crippen LogP) is 6.96. The van der Waals surface area contributed by atoms with E-state index in [1.807, 2.05) is 36.4 Å². The lowest BCUT2D eigenvalue weighted by molar-refractivity contribution is -0.167. The number of benzene rings is 2. The molecule has 0 bridgehead atoms. The summed E-state index contributed by atoms with van der Waals surface area (Å²) in [5.74, 6) is -2.73. The van der Waals surface area contributed by atoms with Crippen molar-refractivity contribution in [3.8, 4) is 0 Å². The van der Waals surface area contributed by atoms with Crippen molar-refractivity contribution in [2.75, 3.05) is 10.6 Å². The summed E-state index contributed by atoms with van der Waals surface area (Å²) in [5.41, 5.74) is 1.37. The highest BCUT2D eigenvalue weighted by molar-refractivity contribution is 7.15. The van der Waals surface area contributed by atoms with Gasteiger partial charge in [-0.2, -0.15) is 5.10 Å². The molecule has 2 atom stereocenters. The average molecular weight is 735 g/mol. The van der Waals surface area contributed by atoms with Crippen molar-refractivity contribution < 1.29 is 28.7 Å². The summed E-state index contributed by atoms with van der Waals surface area (Å²) in [5, 5.41) is 23.5. The van der Waals surface area contributed by atoms with E-state index in [1.54, 1.807) is 65.0 Å². The minimum absolute atomic E-state index is 0.160. The number of esters is 2. The van der Waals surface area contributed by atoms with Gasteiger partial charge in [0.05, 0.1) is 24.5 Å². The van der Waals surface area contributed by atoms with Crippen LogP contribution in [0.3, 0.4) is 0 Å². The summed E-state index contributed by atoms with van der Waals surface area (Å²) in [6, 6.07) is 19.5. The summed E-state index contributed by atoms with van der Waals surface area (Å²) in [6.07, 6.45) is 1.62. The number of aryl methyl sites for hydroxylation is 2. The molecule has 0 saturated carbocycles. The minimum atomic E-state index is -1.35. The molecular weight excluding hydrogens is 692 g/mol. The smallest absolute Gasteiger partial charge is 0.310 e. The first-order valence-electron chi connectivity index (χ1n) is 16.7. The second-order valence-corrected chi connectivity index (χ2v) is 14.8. The number of aromatic nitrogens is 4.